The summed E-state index contributed by atoms with van der Waals surface area (Å²) in [6.45, 7) is 2.80. The molecule has 1 heterocycles. The van der Waals surface area contributed by atoms with Crippen LogP contribution in [0.2, 0.25) is 0 Å². The molecule has 0 saturated carbocycles. The lowest BCUT2D eigenvalue weighted by Gasteiger charge is -2.16. The molecule has 0 radical (unpaired) electrons. The van der Waals surface area contributed by atoms with Crippen LogP contribution in [0.4, 0.5) is 0 Å². The summed E-state index contributed by atoms with van der Waals surface area (Å²) in [4.78, 5) is 1.33. The first-order chi connectivity index (χ1) is 9.24. The fourth-order valence-corrected chi connectivity index (χ4v) is 2.87. The first kappa shape index (κ1) is 13.9. The highest BCUT2D eigenvalue weighted by molar-refractivity contribution is 7.10. The minimum Gasteiger partial charge on any atom is -0.507 e. The molecule has 0 amide bonds. The second-order valence-corrected chi connectivity index (χ2v) is 5.33. The summed E-state index contributed by atoms with van der Waals surface area (Å²) < 4.78 is 5.08. The van der Waals surface area contributed by atoms with Gasteiger partial charge in [0, 0.05) is 29.1 Å². The Hall–Kier alpha value is -1.52. The second-order valence-electron chi connectivity index (χ2n) is 4.35. The van der Waals surface area contributed by atoms with Crippen LogP contribution in [0.15, 0.2) is 35.7 Å². The Bertz CT molecular complexity index is 511. The van der Waals surface area contributed by atoms with Crippen molar-refractivity contribution in [1.82, 2.24) is 5.32 Å². The third kappa shape index (κ3) is 3.49. The van der Waals surface area contributed by atoms with Gasteiger partial charge in [0.25, 0.3) is 0 Å². The Morgan fingerprint density at radius 2 is 2.21 bits per heavy atom. The molecule has 0 aliphatic carbocycles. The van der Waals surface area contributed by atoms with Crippen LogP contribution in [0.1, 0.15) is 29.8 Å². The molecular weight excluding hydrogens is 258 g/mol. The quantitative estimate of drug-likeness (QED) is 0.846. The average molecular weight is 277 g/mol. The van der Waals surface area contributed by atoms with Gasteiger partial charge < -0.3 is 15.2 Å². The highest BCUT2D eigenvalue weighted by Crippen LogP contribution is 2.26. The summed E-state index contributed by atoms with van der Waals surface area (Å²) in [5, 5.41) is 15.5. The zero-order valence-electron chi connectivity index (χ0n) is 11.2. The normalized spacial score (nSPS) is 12.3. The van der Waals surface area contributed by atoms with Crippen molar-refractivity contribution in [3.05, 3.63) is 46.2 Å². The van der Waals surface area contributed by atoms with E-state index >= 15 is 0 Å². The Kier molecular flexibility index (Phi) is 4.82. The molecule has 4 heteroatoms. The number of phenols is 1. The molecule has 1 atom stereocenters. The summed E-state index contributed by atoms with van der Waals surface area (Å²) in [6, 6.07) is 9.94. The molecule has 19 heavy (non-hydrogen) atoms. The molecule has 0 fully saturated rings. The van der Waals surface area contributed by atoms with Crippen LogP contribution in [-0.2, 0) is 6.54 Å². The van der Waals surface area contributed by atoms with Crippen molar-refractivity contribution in [1.29, 1.82) is 0 Å². The van der Waals surface area contributed by atoms with E-state index in [1.54, 1.807) is 24.5 Å². The van der Waals surface area contributed by atoms with Gasteiger partial charge in [0.2, 0.25) is 0 Å². The molecule has 1 aromatic heterocycles. The van der Waals surface area contributed by atoms with Gasteiger partial charge in [-0.2, -0.15) is 0 Å². The number of methoxy groups -OCH3 is 1. The summed E-state index contributed by atoms with van der Waals surface area (Å²) in [7, 11) is 1.59. The summed E-state index contributed by atoms with van der Waals surface area (Å²) in [6.07, 6.45) is 1.03. The topological polar surface area (TPSA) is 41.5 Å². The predicted molar refractivity (Wildman–Crippen MR) is 78.8 cm³/mol. The Morgan fingerprint density at radius 1 is 1.37 bits per heavy atom. The van der Waals surface area contributed by atoms with E-state index in [1.807, 2.05) is 12.1 Å². The first-order valence-electron chi connectivity index (χ1n) is 6.37. The Balaban J connectivity index is 2.01. The van der Waals surface area contributed by atoms with Gasteiger partial charge in [-0.3, -0.25) is 0 Å². The minimum atomic E-state index is 0.271. The zero-order valence-corrected chi connectivity index (χ0v) is 12.0. The molecule has 3 nitrogen and oxygen atoms in total. The number of benzene rings is 1. The fourth-order valence-electron chi connectivity index (χ4n) is 1.99. The number of phenolic OH excluding ortho intramolecular Hbond substituents is 1. The lowest BCUT2D eigenvalue weighted by Crippen LogP contribution is -2.19. The summed E-state index contributed by atoms with van der Waals surface area (Å²) in [5.74, 6) is 0.944. The number of rotatable bonds is 6. The van der Waals surface area contributed by atoms with Crippen LogP contribution in [-0.4, -0.2) is 12.2 Å². The number of nitrogens with one attached hydrogen (secondary N) is 1. The zero-order chi connectivity index (χ0) is 13.7. The average Bonchev–Trinajstić information content (AvgIpc) is 2.95. The van der Waals surface area contributed by atoms with Crippen molar-refractivity contribution in [2.45, 2.75) is 25.9 Å². The molecule has 0 bridgehead atoms. The van der Waals surface area contributed by atoms with Crippen molar-refractivity contribution >= 4 is 11.3 Å². The van der Waals surface area contributed by atoms with Gasteiger partial charge in [0.05, 0.1) is 7.11 Å². The van der Waals surface area contributed by atoms with E-state index in [4.69, 9.17) is 4.74 Å². The molecular formula is C15H19NO2S. The SMILES string of the molecule is CCC(NCc1ccc(OC)cc1O)c1cccs1. The lowest BCUT2D eigenvalue weighted by atomic mass is 10.1. The summed E-state index contributed by atoms with van der Waals surface area (Å²) in [5.41, 5.74) is 0.885. The highest BCUT2D eigenvalue weighted by atomic mass is 32.1. The monoisotopic (exact) mass is 277 g/mol. The van der Waals surface area contributed by atoms with Crippen LogP contribution in [0.25, 0.3) is 0 Å². The molecule has 0 spiro atoms. The molecule has 0 saturated heterocycles. The Morgan fingerprint density at radius 3 is 2.79 bits per heavy atom. The van der Waals surface area contributed by atoms with E-state index in [-0.39, 0.29) is 5.75 Å². The van der Waals surface area contributed by atoms with Crippen molar-refractivity contribution in [2.24, 2.45) is 0 Å². The maximum Gasteiger partial charge on any atom is 0.123 e. The maximum absolute atomic E-state index is 9.92. The van der Waals surface area contributed by atoms with Gasteiger partial charge in [0.1, 0.15) is 11.5 Å². The molecule has 2 rings (SSSR count). The van der Waals surface area contributed by atoms with E-state index in [1.165, 1.54) is 4.88 Å². The third-order valence-corrected chi connectivity index (χ3v) is 4.11. The molecule has 2 aromatic rings. The first-order valence-corrected chi connectivity index (χ1v) is 7.25. The van der Waals surface area contributed by atoms with Gasteiger partial charge >= 0.3 is 0 Å². The van der Waals surface area contributed by atoms with Crippen LogP contribution in [0.3, 0.4) is 0 Å². The highest BCUT2D eigenvalue weighted by Gasteiger charge is 2.11. The van der Waals surface area contributed by atoms with Gasteiger partial charge in [-0.1, -0.05) is 19.1 Å². The van der Waals surface area contributed by atoms with Crippen LogP contribution in [0, 0.1) is 0 Å². The molecule has 0 aliphatic heterocycles. The van der Waals surface area contributed by atoms with E-state index in [0.29, 0.717) is 18.3 Å². The molecule has 102 valence electrons. The number of aromatic hydroxyl groups is 1. The van der Waals surface area contributed by atoms with E-state index < -0.39 is 0 Å². The second kappa shape index (κ2) is 6.59. The van der Waals surface area contributed by atoms with Gasteiger partial charge in [-0.05, 0) is 23.9 Å². The van der Waals surface area contributed by atoms with Crippen LogP contribution in [0.5, 0.6) is 11.5 Å². The van der Waals surface area contributed by atoms with Crippen molar-refractivity contribution in [2.75, 3.05) is 7.11 Å². The van der Waals surface area contributed by atoms with E-state index in [2.05, 4.69) is 29.8 Å². The predicted octanol–water partition coefficient (Wildman–Crippen LogP) is 3.70. The van der Waals surface area contributed by atoms with Crippen molar-refractivity contribution < 1.29 is 9.84 Å². The Labute approximate surface area is 117 Å². The lowest BCUT2D eigenvalue weighted by molar-refractivity contribution is 0.405. The van der Waals surface area contributed by atoms with Gasteiger partial charge in [-0.15, -0.1) is 11.3 Å². The molecule has 2 N–H and O–H groups in total. The van der Waals surface area contributed by atoms with Crippen molar-refractivity contribution in [3.63, 3.8) is 0 Å². The standard InChI is InChI=1S/C15H19NO2S/c1-3-13(15-5-4-8-19-15)16-10-11-6-7-12(18-2)9-14(11)17/h4-9,13,16-17H,3,10H2,1-2H3. The third-order valence-electron chi connectivity index (χ3n) is 3.13. The van der Waals surface area contributed by atoms with Crippen molar-refractivity contribution in [3.8, 4) is 11.5 Å². The molecule has 1 aromatic carbocycles. The smallest absolute Gasteiger partial charge is 0.123 e. The number of ether oxygens (including phenoxy) is 1. The largest absolute Gasteiger partial charge is 0.507 e. The van der Waals surface area contributed by atoms with Gasteiger partial charge in [-0.25, -0.2) is 0 Å². The number of hydrogen-bond acceptors (Lipinski definition) is 4. The van der Waals surface area contributed by atoms with Crippen LogP contribution >= 0.6 is 11.3 Å². The van der Waals surface area contributed by atoms with E-state index in [0.717, 1.165) is 12.0 Å². The summed E-state index contributed by atoms with van der Waals surface area (Å²) >= 11 is 1.76. The number of hydrogen-bond donors (Lipinski definition) is 2. The van der Waals surface area contributed by atoms with Crippen LogP contribution < -0.4 is 10.1 Å². The van der Waals surface area contributed by atoms with E-state index in [9.17, 15) is 5.11 Å². The number of thiophene rings is 1. The molecule has 0 aliphatic rings. The molecule has 1 unspecified atom stereocenters. The maximum atomic E-state index is 9.92. The minimum absolute atomic E-state index is 0.271. The fraction of sp³-hybridized carbons (Fsp3) is 0.333. The van der Waals surface area contributed by atoms with Gasteiger partial charge in [0.15, 0.2) is 0 Å².